The SMILES string of the molecule is Cc1ccc(C(=O)N2CCC(C(=O)N3CCC(c4nnc(CO)n4C)CC3)CC2)cc1. The van der Waals surface area contributed by atoms with Crippen LogP contribution in [0.3, 0.4) is 0 Å². The van der Waals surface area contributed by atoms with Crippen molar-refractivity contribution in [3.05, 3.63) is 47.0 Å². The largest absolute Gasteiger partial charge is 0.388 e. The van der Waals surface area contributed by atoms with Crippen molar-refractivity contribution in [1.82, 2.24) is 24.6 Å². The van der Waals surface area contributed by atoms with E-state index in [0.717, 1.165) is 37.1 Å². The summed E-state index contributed by atoms with van der Waals surface area (Å²) in [6.07, 6.45) is 3.15. The van der Waals surface area contributed by atoms with E-state index in [9.17, 15) is 14.7 Å². The second-order valence-electron chi connectivity index (χ2n) is 8.72. The average molecular weight is 426 g/mol. The van der Waals surface area contributed by atoms with Crippen LogP contribution >= 0.6 is 0 Å². The van der Waals surface area contributed by atoms with Gasteiger partial charge in [0.25, 0.3) is 5.91 Å². The van der Waals surface area contributed by atoms with Crippen LogP contribution in [0.25, 0.3) is 0 Å². The zero-order chi connectivity index (χ0) is 22.0. The van der Waals surface area contributed by atoms with Gasteiger partial charge in [-0.2, -0.15) is 0 Å². The zero-order valence-electron chi connectivity index (χ0n) is 18.3. The molecule has 31 heavy (non-hydrogen) atoms. The van der Waals surface area contributed by atoms with E-state index in [1.165, 1.54) is 0 Å². The van der Waals surface area contributed by atoms with Gasteiger partial charge in [-0.25, -0.2) is 0 Å². The first-order chi connectivity index (χ1) is 15.0. The third-order valence-corrected chi connectivity index (χ3v) is 6.74. The Bertz CT molecular complexity index is 923. The molecule has 4 rings (SSSR count). The van der Waals surface area contributed by atoms with Crippen molar-refractivity contribution < 1.29 is 14.7 Å². The molecule has 0 saturated carbocycles. The Hall–Kier alpha value is -2.74. The third-order valence-electron chi connectivity index (χ3n) is 6.74. The number of aliphatic hydroxyl groups excluding tert-OH is 1. The summed E-state index contributed by atoms with van der Waals surface area (Å²) in [6, 6.07) is 7.66. The van der Waals surface area contributed by atoms with E-state index < -0.39 is 0 Å². The lowest BCUT2D eigenvalue weighted by molar-refractivity contribution is -0.138. The van der Waals surface area contributed by atoms with E-state index in [2.05, 4.69) is 10.2 Å². The standard InChI is InChI=1S/C23H31N5O3/c1-16-3-5-18(6-4-16)22(30)28-13-9-19(10-14-28)23(31)27-11-7-17(8-12-27)21-25-24-20(15-29)26(21)2/h3-6,17,19,29H,7-15H2,1-2H3. The predicted molar refractivity (Wildman–Crippen MR) is 115 cm³/mol. The highest BCUT2D eigenvalue weighted by Gasteiger charge is 2.33. The number of rotatable bonds is 4. The molecule has 2 saturated heterocycles. The summed E-state index contributed by atoms with van der Waals surface area (Å²) < 4.78 is 1.86. The molecule has 3 heterocycles. The fourth-order valence-electron chi connectivity index (χ4n) is 4.69. The molecular weight excluding hydrogens is 394 g/mol. The summed E-state index contributed by atoms with van der Waals surface area (Å²) in [5, 5.41) is 17.6. The number of aliphatic hydroxyl groups is 1. The number of nitrogens with zero attached hydrogens (tertiary/aromatic N) is 5. The molecule has 0 bridgehead atoms. The van der Waals surface area contributed by atoms with Crippen LogP contribution in [0.1, 0.15) is 59.2 Å². The molecule has 0 radical (unpaired) electrons. The topological polar surface area (TPSA) is 91.6 Å². The maximum atomic E-state index is 13.1. The van der Waals surface area contributed by atoms with Crippen molar-refractivity contribution in [2.24, 2.45) is 13.0 Å². The van der Waals surface area contributed by atoms with Crippen LogP contribution in [0.15, 0.2) is 24.3 Å². The van der Waals surface area contributed by atoms with Crippen LogP contribution in [-0.4, -0.2) is 67.7 Å². The molecule has 8 heteroatoms. The van der Waals surface area contributed by atoms with Gasteiger partial charge in [0, 0.05) is 50.6 Å². The number of amides is 2. The van der Waals surface area contributed by atoms with E-state index in [-0.39, 0.29) is 30.3 Å². The van der Waals surface area contributed by atoms with Crippen LogP contribution in [0.4, 0.5) is 0 Å². The molecule has 2 aliphatic rings. The van der Waals surface area contributed by atoms with Gasteiger partial charge in [-0.15, -0.1) is 10.2 Å². The van der Waals surface area contributed by atoms with Gasteiger partial charge in [0.15, 0.2) is 5.82 Å². The normalized spacial score (nSPS) is 18.4. The average Bonchev–Trinajstić information content (AvgIpc) is 3.19. The summed E-state index contributed by atoms with van der Waals surface area (Å²) >= 11 is 0. The molecule has 0 unspecified atom stereocenters. The van der Waals surface area contributed by atoms with Crippen molar-refractivity contribution in [3.8, 4) is 0 Å². The lowest BCUT2D eigenvalue weighted by Crippen LogP contribution is -2.46. The summed E-state index contributed by atoms with van der Waals surface area (Å²) in [5.74, 6) is 1.98. The number of aromatic nitrogens is 3. The van der Waals surface area contributed by atoms with Crippen LogP contribution in [0, 0.1) is 12.8 Å². The van der Waals surface area contributed by atoms with Gasteiger partial charge < -0.3 is 19.5 Å². The summed E-state index contributed by atoms with van der Waals surface area (Å²) in [4.78, 5) is 29.6. The minimum absolute atomic E-state index is 0.00515. The number of hydrogen-bond acceptors (Lipinski definition) is 5. The Morgan fingerprint density at radius 2 is 1.58 bits per heavy atom. The van der Waals surface area contributed by atoms with Gasteiger partial charge in [0.05, 0.1) is 0 Å². The van der Waals surface area contributed by atoms with Gasteiger partial charge >= 0.3 is 0 Å². The smallest absolute Gasteiger partial charge is 0.253 e. The number of carbonyl (C=O) groups excluding carboxylic acids is 2. The molecule has 1 N–H and O–H groups in total. The highest BCUT2D eigenvalue weighted by Crippen LogP contribution is 2.29. The highest BCUT2D eigenvalue weighted by atomic mass is 16.3. The summed E-state index contributed by atoms with van der Waals surface area (Å²) in [7, 11) is 1.88. The fraction of sp³-hybridized carbons (Fsp3) is 0.565. The van der Waals surface area contributed by atoms with Crippen LogP contribution in [-0.2, 0) is 18.4 Å². The van der Waals surface area contributed by atoms with Gasteiger partial charge in [-0.1, -0.05) is 17.7 Å². The van der Waals surface area contributed by atoms with Gasteiger partial charge in [-0.05, 0) is 44.7 Å². The van der Waals surface area contributed by atoms with E-state index >= 15 is 0 Å². The van der Waals surface area contributed by atoms with E-state index in [1.54, 1.807) is 0 Å². The molecule has 8 nitrogen and oxygen atoms in total. The van der Waals surface area contributed by atoms with Crippen molar-refractivity contribution in [3.63, 3.8) is 0 Å². The predicted octanol–water partition coefficient (Wildman–Crippen LogP) is 1.87. The number of carbonyl (C=O) groups is 2. The monoisotopic (exact) mass is 425 g/mol. The minimum atomic E-state index is -0.119. The quantitative estimate of drug-likeness (QED) is 0.808. The first-order valence-corrected chi connectivity index (χ1v) is 11.1. The maximum absolute atomic E-state index is 13.1. The number of aryl methyl sites for hydroxylation is 1. The first kappa shape index (κ1) is 21.5. The fourth-order valence-corrected chi connectivity index (χ4v) is 4.69. The second kappa shape index (κ2) is 9.18. The van der Waals surface area contributed by atoms with Crippen molar-refractivity contribution >= 4 is 11.8 Å². The molecule has 166 valence electrons. The molecular formula is C23H31N5O3. The Morgan fingerprint density at radius 1 is 0.968 bits per heavy atom. The molecule has 2 amide bonds. The summed E-state index contributed by atoms with van der Waals surface area (Å²) in [5.41, 5.74) is 1.85. The van der Waals surface area contributed by atoms with Crippen LogP contribution < -0.4 is 0 Å². The third kappa shape index (κ3) is 4.49. The zero-order valence-corrected chi connectivity index (χ0v) is 18.3. The van der Waals surface area contributed by atoms with Crippen molar-refractivity contribution in [2.45, 2.75) is 45.1 Å². The molecule has 0 spiro atoms. The van der Waals surface area contributed by atoms with E-state index in [0.29, 0.717) is 37.6 Å². The Labute approximate surface area is 182 Å². The molecule has 2 aliphatic heterocycles. The minimum Gasteiger partial charge on any atom is -0.388 e. The number of benzene rings is 1. The van der Waals surface area contributed by atoms with Crippen molar-refractivity contribution in [2.75, 3.05) is 26.2 Å². The summed E-state index contributed by atoms with van der Waals surface area (Å²) in [6.45, 7) is 4.57. The van der Waals surface area contributed by atoms with Crippen molar-refractivity contribution in [1.29, 1.82) is 0 Å². The van der Waals surface area contributed by atoms with E-state index in [1.807, 2.05) is 52.6 Å². The van der Waals surface area contributed by atoms with Gasteiger partial charge in [-0.3, -0.25) is 9.59 Å². The molecule has 0 aliphatic carbocycles. The van der Waals surface area contributed by atoms with Crippen LogP contribution in [0.5, 0.6) is 0 Å². The Kier molecular flexibility index (Phi) is 6.36. The molecule has 2 fully saturated rings. The van der Waals surface area contributed by atoms with Crippen LogP contribution in [0.2, 0.25) is 0 Å². The molecule has 2 aromatic rings. The number of hydrogen-bond donors (Lipinski definition) is 1. The number of piperidine rings is 2. The molecule has 0 atom stereocenters. The molecule has 1 aromatic heterocycles. The highest BCUT2D eigenvalue weighted by molar-refractivity contribution is 5.94. The van der Waals surface area contributed by atoms with Gasteiger partial charge in [0.1, 0.15) is 12.4 Å². The second-order valence-corrected chi connectivity index (χ2v) is 8.72. The maximum Gasteiger partial charge on any atom is 0.253 e. The Balaban J connectivity index is 1.28. The van der Waals surface area contributed by atoms with Gasteiger partial charge in [0.2, 0.25) is 5.91 Å². The lowest BCUT2D eigenvalue weighted by Gasteiger charge is -2.37. The molecule has 1 aromatic carbocycles. The number of likely N-dealkylation sites (tertiary alicyclic amines) is 2. The Morgan fingerprint density at radius 3 is 2.16 bits per heavy atom. The van der Waals surface area contributed by atoms with E-state index in [4.69, 9.17) is 0 Å². The lowest BCUT2D eigenvalue weighted by atomic mass is 9.91. The first-order valence-electron chi connectivity index (χ1n) is 11.1.